The molecule has 2 saturated heterocycles. The van der Waals surface area contributed by atoms with E-state index in [0.29, 0.717) is 5.56 Å². The Morgan fingerprint density at radius 3 is 2.17 bits per heavy atom. The van der Waals surface area contributed by atoms with Crippen molar-refractivity contribution in [3.63, 3.8) is 0 Å². The van der Waals surface area contributed by atoms with Gasteiger partial charge in [-0.3, -0.25) is 9.59 Å². The second-order valence-corrected chi connectivity index (χ2v) is 9.90. The predicted molar refractivity (Wildman–Crippen MR) is 134 cm³/mol. The van der Waals surface area contributed by atoms with Crippen LogP contribution in [-0.2, 0) is 19.0 Å². The first-order chi connectivity index (χ1) is 18.9. The number of hydrogen-bond acceptors (Lipinski definition) is 13. The molecule has 0 bridgehead atoms. The summed E-state index contributed by atoms with van der Waals surface area (Å²) in [5.74, 6) is -2.27. The van der Waals surface area contributed by atoms with Gasteiger partial charge in [-0.1, -0.05) is 0 Å². The molecule has 3 heterocycles. The Bertz CT molecular complexity index is 1480. The largest absolute Gasteiger partial charge is 0.508 e. The third-order valence-electron chi connectivity index (χ3n) is 7.19. The number of carbonyl (C=O) groups is 1. The number of phenols is 3. The van der Waals surface area contributed by atoms with Crippen LogP contribution in [-0.4, -0.2) is 90.5 Å². The number of fused-ring (bicyclic) bond motifs is 1. The van der Waals surface area contributed by atoms with E-state index in [0.717, 1.165) is 12.1 Å². The normalized spacial score (nSPS) is 32.9. The number of benzene rings is 2. The van der Waals surface area contributed by atoms with Crippen LogP contribution in [0.15, 0.2) is 45.6 Å². The maximum Gasteiger partial charge on any atom is 0.197 e. The minimum absolute atomic E-state index is 0.00347. The molecule has 0 spiro atoms. The molecular weight excluding hydrogens is 532 g/mol. The van der Waals surface area contributed by atoms with Crippen LogP contribution in [0.2, 0.25) is 0 Å². The fourth-order valence-electron chi connectivity index (χ4n) is 4.91. The van der Waals surface area contributed by atoms with E-state index in [4.69, 9.17) is 18.6 Å². The van der Waals surface area contributed by atoms with Gasteiger partial charge in [-0.25, -0.2) is 0 Å². The first kappa shape index (κ1) is 28.0. The van der Waals surface area contributed by atoms with E-state index in [1.165, 1.54) is 38.1 Å². The minimum Gasteiger partial charge on any atom is -0.508 e. The van der Waals surface area contributed by atoms with Crippen molar-refractivity contribution in [2.24, 2.45) is 0 Å². The second kappa shape index (κ2) is 10.4. The average Bonchev–Trinajstić information content (AvgIpc) is 2.91. The van der Waals surface area contributed by atoms with Crippen molar-refractivity contribution in [3.05, 3.63) is 52.2 Å². The quantitative estimate of drug-likeness (QED) is 0.227. The lowest BCUT2D eigenvalue weighted by molar-refractivity contribution is -0.314. The van der Waals surface area contributed by atoms with Crippen LogP contribution in [0.25, 0.3) is 22.3 Å². The molecule has 2 aliphatic heterocycles. The Morgan fingerprint density at radius 2 is 1.50 bits per heavy atom. The van der Waals surface area contributed by atoms with Crippen molar-refractivity contribution < 1.29 is 59.2 Å². The molecule has 40 heavy (non-hydrogen) atoms. The van der Waals surface area contributed by atoms with Gasteiger partial charge in [0.2, 0.25) is 0 Å². The summed E-state index contributed by atoms with van der Waals surface area (Å²) in [5.41, 5.74) is -0.884. The van der Waals surface area contributed by atoms with E-state index in [1.54, 1.807) is 0 Å². The molecule has 0 amide bonds. The summed E-state index contributed by atoms with van der Waals surface area (Å²) >= 11 is 0. The number of ether oxygens (including phenoxy) is 3. The summed E-state index contributed by atoms with van der Waals surface area (Å²) in [6.45, 7) is 2.77. The van der Waals surface area contributed by atoms with Crippen molar-refractivity contribution in [2.45, 2.75) is 69.0 Å². The number of Topliss-reactive ketones (excluding diaryl/α,β-unsaturated/α-hetero) is 1. The molecule has 5 rings (SSSR count). The van der Waals surface area contributed by atoms with Gasteiger partial charge in [0.05, 0.1) is 17.8 Å². The van der Waals surface area contributed by atoms with Crippen LogP contribution < -0.4 is 5.43 Å². The maximum atomic E-state index is 13.1. The van der Waals surface area contributed by atoms with Crippen molar-refractivity contribution >= 4 is 16.8 Å². The fraction of sp³-hybridized carbons (Fsp3) is 0.407. The molecule has 0 radical (unpaired) electrons. The Kier molecular flexibility index (Phi) is 7.31. The van der Waals surface area contributed by atoms with Gasteiger partial charge in [0, 0.05) is 17.7 Å². The molecule has 214 valence electrons. The second-order valence-electron chi connectivity index (χ2n) is 9.90. The lowest BCUT2D eigenvalue weighted by Gasteiger charge is -2.43. The van der Waals surface area contributed by atoms with Crippen LogP contribution in [0, 0.1) is 0 Å². The molecule has 0 unspecified atom stereocenters. The number of aliphatic hydroxyl groups excluding tert-OH is 4. The molecule has 0 saturated carbocycles. The average molecular weight is 561 g/mol. The highest BCUT2D eigenvalue weighted by Crippen LogP contribution is 2.45. The molecule has 3 aromatic rings. The lowest BCUT2D eigenvalue weighted by atomic mass is 9.90. The van der Waals surface area contributed by atoms with Gasteiger partial charge in [-0.15, -0.1) is 0 Å². The predicted octanol–water partition coefficient (Wildman–Crippen LogP) is 0.179. The molecule has 2 aliphatic rings. The number of hydrogen-bond donors (Lipinski definition) is 7. The van der Waals surface area contributed by atoms with Gasteiger partial charge in [-0.2, -0.15) is 0 Å². The van der Waals surface area contributed by atoms with Gasteiger partial charge in [0.15, 0.2) is 23.6 Å². The highest BCUT2D eigenvalue weighted by atomic mass is 16.7. The third-order valence-corrected chi connectivity index (χ3v) is 7.19. The summed E-state index contributed by atoms with van der Waals surface area (Å²) in [4.78, 5) is 26.2. The van der Waals surface area contributed by atoms with Gasteiger partial charge in [0.1, 0.15) is 64.5 Å². The van der Waals surface area contributed by atoms with Crippen molar-refractivity contribution in [2.75, 3.05) is 0 Å². The number of phenolic OH excluding ortho intramolecular Hbond substituents is 3. The molecule has 2 fully saturated rings. The van der Waals surface area contributed by atoms with Crippen LogP contribution in [0.3, 0.4) is 0 Å². The number of rotatable bonds is 4. The number of carbonyl (C=O) groups excluding carboxylic acids is 1. The smallest absolute Gasteiger partial charge is 0.197 e. The molecule has 13 heteroatoms. The minimum atomic E-state index is -1.81. The van der Waals surface area contributed by atoms with Gasteiger partial charge >= 0.3 is 0 Å². The van der Waals surface area contributed by atoms with E-state index < -0.39 is 83.4 Å². The number of ketones is 1. The molecule has 0 aliphatic carbocycles. The zero-order valence-corrected chi connectivity index (χ0v) is 21.2. The Labute approximate surface area is 226 Å². The van der Waals surface area contributed by atoms with E-state index in [9.17, 15) is 45.3 Å². The Hall–Kier alpha value is -3.56. The standard InChI is InChI=1S/C27H28O13/c1-9-20(32)23(35)26(40-27-24(36)22(34)19(31)10(2)38-27)25(37-9)18-14(30)8-16-17(21(18)33)13(29)7-15(39-16)11-3-5-12(28)6-4-11/h3-10,19-20,22,24-28,30-34,36H,1-2H3/t9-,10-,19-,20-,22+,24+,25+,26-,27-/m0/s1. The molecule has 7 N–H and O–H groups in total. The Balaban J connectivity index is 1.58. The van der Waals surface area contributed by atoms with Crippen LogP contribution >= 0.6 is 0 Å². The van der Waals surface area contributed by atoms with E-state index in [2.05, 4.69) is 0 Å². The lowest BCUT2D eigenvalue weighted by Crippen LogP contribution is -2.60. The zero-order valence-electron chi connectivity index (χ0n) is 21.2. The molecule has 2 aromatic carbocycles. The van der Waals surface area contributed by atoms with E-state index >= 15 is 0 Å². The molecule has 9 atom stereocenters. The summed E-state index contributed by atoms with van der Waals surface area (Å²) in [7, 11) is 0. The summed E-state index contributed by atoms with van der Waals surface area (Å²) in [6, 6.07) is 7.92. The zero-order chi connectivity index (χ0) is 29.0. The topological polar surface area (TPSA) is 217 Å². The highest BCUT2D eigenvalue weighted by Gasteiger charge is 2.50. The molecular formula is C27H28O13. The highest BCUT2D eigenvalue weighted by molar-refractivity contribution is 5.92. The third kappa shape index (κ3) is 4.71. The van der Waals surface area contributed by atoms with Gasteiger partial charge < -0.3 is 54.4 Å². The van der Waals surface area contributed by atoms with Crippen molar-refractivity contribution in [3.8, 4) is 28.6 Å². The fourth-order valence-corrected chi connectivity index (χ4v) is 4.91. The number of aromatic hydroxyl groups is 3. The van der Waals surface area contributed by atoms with Gasteiger partial charge in [0.25, 0.3) is 0 Å². The summed E-state index contributed by atoms with van der Waals surface area (Å²) in [5, 5.41) is 72.2. The maximum absolute atomic E-state index is 13.1. The van der Waals surface area contributed by atoms with E-state index in [-0.39, 0.29) is 22.5 Å². The number of aliphatic hydroxyl groups is 4. The van der Waals surface area contributed by atoms with Crippen LogP contribution in [0.5, 0.6) is 17.2 Å². The monoisotopic (exact) mass is 560 g/mol. The van der Waals surface area contributed by atoms with Crippen LogP contribution in [0.4, 0.5) is 0 Å². The van der Waals surface area contributed by atoms with Gasteiger partial charge in [-0.05, 0) is 38.1 Å². The molecule has 13 nitrogen and oxygen atoms in total. The first-order valence-corrected chi connectivity index (χ1v) is 12.4. The Morgan fingerprint density at radius 1 is 0.825 bits per heavy atom. The van der Waals surface area contributed by atoms with Crippen molar-refractivity contribution in [1.82, 2.24) is 0 Å². The van der Waals surface area contributed by atoms with Crippen molar-refractivity contribution in [1.29, 1.82) is 0 Å². The van der Waals surface area contributed by atoms with Crippen LogP contribution in [0.1, 0.15) is 25.5 Å². The van der Waals surface area contributed by atoms with E-state index in [1.807, 2.05) is 0 Å². The summed E-state index contributed by atoms with van der Waals surface area (Å²) < 4.78 is 22.6. The SMILES string of the molecule is C[C@@H]1O[C@@H](O[C@H]2C(=O)[C@@H](O)[C@H](C)O[C@@H]2c2c(O)cc3oc(-c4ccc(O)cc4)cc(=O)c3c2O)[C@H](O)[C@H](O)[C@H]1O. The molecule has 1 aromatic heterocycles. The first-order valence-electron chi connectivity index (χ1n) is 12.4. The summed E-state index contributed by atoms with van der Waals surface area (Å²) in [6.07, 6.45) is -13.9.